The summed E-state index contributed by atoms with van der Waals surface area (Å²) in [5.74, 6) is 0.889. The number of amides is 2. The fourth-order valence-corrected chi connectivity index (χ4v) is 4.29. The molecule has 30 heavy (non-hydrogen) atoms. The van der Waals surface area contributed by atoms with Gasteiger partial charge in [0, 0.05) is 31.1 Å². The number of benzene rings is 1. The molecular weight excluding hydrogens is 384 g/mol. The number of carbonyl (C=O) groups is 2. The average molecular weight is 419 g/mol. The fourth-order valence-electron chi connectivity index (χ4n) is 4.29. The van der Waals surface area contributed by atoms with Gasteiger partial charge < -0.3 is 25.2 Å². The second-order valence-electron chi connectivity index (χ2n) is 8.35. The molecule has 1 heterocycles. The van der Waals surface area contributed by atoms with E-state index in [4.69, 9.17) is 4.74 Å². The van der Waals surface area contributed by atoms with Crippen molar-refractivity contribution in [3.8, 4) is 5.75 Å². The van der Waals surface area contributed by atoms with Crippen molar-refractivity contribution in [1.82, 2.24) is 4.90 Å². The number of unbranched alkanes of at least 4 members (excludes halogenated alkanes) is 1. The number of hydrogen-bond acceptors (Lipinski definition) is 5. The molecule has 7 heteroatoms. The quantitative estimate of drug-likeness (QED) is 0.507. The van der Waals surface area contributed by atoms with E-state index in [1.54, 1.807) is 4.90 Å². The Kier molecular flexibility index (Phi) is 8.51. The Hall–Kier alpha value is -2.12. The van der Waals surface area contributed by atoms with E-state index in [1.165, 1.54) is 6.42 Å². The molecular formula is C23H34N2O5. The van der Waals surface area contributed by atoms with Crippen molar-refractivity contribution >= 4 is 17.5 Å². The van der Waals surface area contributed by atoms with Crippen LogP contribution in [0.5, 0.6) is 5.75 Å². The first-order valence-electron chi connectivity index (χ1n) is 11.2. The number of nitrogens with one attached hydrogen (secondary N) is 1. The number of fused-ring (bicyclic) bond motifs is 1. The molecule has 1 fully saturated rings. The van der Waals surface area contributed by atoms with E-state index < -0.39 is 6.10 Å². The number of aryl methyl sites for hydroxylation is 1. The first-order valence-corrected chi connectivity index (χ1v) is 11.2. The summed E-state index contributed by atoms with van der Waals surface area (Å²) in [4.78, 5) is 26.0. The molecule has 1 aliphatic carbocycles. The summed E-state index contributed by atoms with van der Waals surface area (Å²) in [5.41, 5.74) is 1.95. The molecule has 0 spiro atoms. The Balaban J connectivity index is 1.42. The van der Waals surface area contributed by atoms with Crippen LogP contribution < -0.4 is 10.1 Å². The molecule has 3 N–H and O–H groups in total. The van der Waals surface area contributed by atoms with Gasteiger partial charge in [-0.15, -0.1) is 0 Å². The van der Waals surface area contributed by atoms with Gasteiger partial charge in [-0.05, 0) is 55.9 Å². The van der Waals surface area contributed by atoms with Gasteiger partial charge in [0.2, 0.25) is 11.8 Å². The van der Waals surface area contributed by atoms with Gasteiger partial charge in [0.25, 0.3) is 0 Å². The minimum absolute atomic E-state index is 0.0506. The molecule has 3 rings (SSSR count). The molecule has 2 aliphatic rings. The standard InChI is InChI=1S/C23H34N2O5/c26-16-19(27)15-25(18-6-2-1-3-7-18)23(29)8-4-5-13-30-20-10-11-21-17(14-20)9-12-22(28)24-21/h10-11,14,18-19,26-27H,1-9,12-13,15-16H2,(H,24,28). The third-order valence-electron chi connectivity index (χ3n) is 5.98. The predicted molar refractivity (Wildman–Crippen MR) is 114 cm³/mol. The van der Waals surface area contributed by atoms with Crippen molar-refractivity contribution in [3.63, 3.8) is 0 Å². The van der Waals surface area contributed by atoms with Crippen molar-refractivity contribution in [2.45, 2.75) is 76.4 Å². The maximum absolute atomic E-state index is 12.8. The molecule has 166 valence electrons. The summed E-state index contributed by atoms with van der Waals surface area (Å²) < 4.78 is 5.83. The summed E-state index contributed by atoms with van der Waals surface area (Å²) in [6, 6.07) is 5.89. The van der Waals surface area contributed by atoms with E-state index in [0.717, 1.165) is 61.9 Å². The number of carbonyl (C=O) groups excluding carboxylic acids is 2. The van der Waals surface area contributed by atoms with Gasteiger partial charge in [0.05, 0.1) is 19.3 Å². The maximum atomic E-state index is 12.8. The summed E-state index contributed by atoms with van der Waals surface area (Å²) in [5, 5.41) is 21.9. The molecule has 0 radical (unpaired) electrons. The van der Waals surface area contributed by atoms with E-state index in [0.29, 0.717) is 19.4 Å². The van der Waals surface area contributed by atoms with E-state index in [-0.39, 0.29) is 31.0 Å². The average Bonchev–Trinajstić information content (AvgIpc) is 2.77. The van der Waals surface area contributed by atoms with Crippen molar-refractivity contribution in [3.05, 3.63) is 23.8 Å². The van der Waals surface area contributed by atoms with Crippen molar-refractivity contribution in [2.24, 2.45) is 0 Å². The number of hydrogen-bond donors (Lipinski definition) is 3. The zero-order valence-electron chi connectivity index (χ0n) is 17.6. The van der Waals surface area contributed by atoms with Crippen LogP contribution in [0.4, 0.5) is 5.69 Å². The monoisotopic (exact) mass is 418 g/mol. The number of anilines is 1. The highest BCUT2D eigenvalue weighted by Crippen LogP contribution is 2.27. The lowest BCUT2D eigenvalue weighted by Crippen LogP contribution is -2.46. The van der Waals surface area contributed by atoms with Gasteiger partial charge in [0.1, 0.15) is 5.75 Å². The van der Waals surface area contributed by atoms with E-state index in [1.807, 2.05) is 18.2 Å². The molecule has 0 aromatic heterocycles. The van der Waals surface area contributed by atoms with Gasteiger partial charge in [0.15, 0.2) is 0 Å². The van der Waals surface area contributed by atoms with E-state index in [9.17, 15) is 19.8 Å². The van der Waals surface area contributed by atoms with E-state index >= 15 is 0 Å². The van der Waals surface area contributed by atoms with Crippen molar-refractivity contribution in [1.29, 1.82) is 0 Å². The normalized spacial score (nSPS) is 17.7. The highest BCUT2D eigenvalue weighted by Gasteiger charge is 2.26. The molecule has 1 aliphatic heterocycles. The highest BCUT2D eigenvalue weighted by atomic mass is 16.5. The van der Waals surface area contributed by atoms with Crippen molar-refractivity contribution in [2.75, 3.05) is 25.1 Å². The van der Waals surface area contributed by atoms with Crippen LogP contribution in [0.3, 0.4) is 0 Å². The lowest BCUT2D eigenvalue weighted by molar-refractivity contribution is -0.136. The highest BCUT2D eigenvalue weighted by molar-refractivity contribution is 5.94. The van der Waals surface area contributed by atoms with Gasteiger partial charge >= 0.3 is 0 Å². The largest absolute Gasteiger partial charge is 0.494 e. The minimum atomic E-state index is -0.881. The number of nitrogens with zero attached hydrogens (tertiary/aromatic N) is 1. The Bertz CT molecular complexity index is 718. The molecule has 1 aromatic rings. The predicted octanol–water partition coefficient (Wildman–Crippen LogP) is 2.63. The van der Waals surface area contributed by atoms with Gasteiger partial charge in [-0.25, -0.2) is 0 Å². The summed E-state index contributed by atoms with van der Waals surface area (Å²) in [6.45, 7) is 0.415. The SMILES string of the molecule is O=C1CCc2cc(OCCCCC(=O)N(CC(O)CO)C3CCCCC3)ccc2N1. The fraction of sp³-hybridized carbons (Fsp3) is 0.652. The molecule has 1 aromatic carbocycles. The Morgan fingerprint density at radius 2 is 2.00 bits per heavy atom. The van der Waals surface area contributed by atoms with Gasteiger partial charge in [-0.2, -0.15) is 0 Å². The topological polar surface area (TPSA) is 99.1 Å². The number of aliphatic hydroxyl groups is 2. The first kappa shape index (κ1) is 22.6. The summed E-state index contributed by atoms with van der Waals surface area (Å²) in [6.07, 6.45) is 7.64. The van der Waals surface area contributed by atoms with Crippen LogP contribution in [0.15, 0.2) is 18.2 Å². The molecule has 1 unspecified atom stereocenters. The smallest absolute Gasteiger partial charge is 0.224 e. The molecule has 0 bridgehead atoms. The van der Waals surface area contributed by atoms with E-state index in [2.05, 4.69) is 5.32 Å². The third kappa shape index (κ3) is 6.44. The van der Waals surface area contributed by atoms with Crippen LogP contribution in [-0.4, -0.2) is 58.8 Å². The van der Waals surface area contributed by atoms with Crippen LogP contribution >= 0.6 is 0 Å². The van der Waals surface area contributed by atoms with Crippen LogP contribution in [0.1, 0.15) is 63.4 Å². The molecule has 1 saturated carbocycles. The van der Waals surface area contributed by atoms with Gasteiger partial charge in [-0.1, -0.05) is 19.3 Å². The lowest BCUT2D eigenvalue weighted by Gasteiger charge is -2.35. The Morgan fingerprint density at radius 3 is 2.77 bits per heavy atom. The number of rotatable bonds is 10. The van der Waals surface area contributed by atoms with Crippen LogP contribution in [0.2, 0.25) is 0 Å². The second-order valence-corrected chi connectivity index (χ2v) is 8.35. The second kappa shape index (κ2) is 11.3. The molecule has 7 nitrogen and oxygen atoms in total. The maximum Gasteiger partial charge on any atom is 0.224 e. The summed E-state index contributed by atoms with van der Waals surface area (Å²) in [7, 11) is 0. The Morgan fingerprint density at radius 1 is 1.20 bits per heavy atom. The first-order chi connectivity index (χ1) is 14.6. The lowest BCUT2D eigenvalue weighted by atomic mass is 9.93. The van der Waals surface area contributed by atoms with Gasteiger partial charge in [-0.3, -0.25) is 9.59 Å². The van der Waals surface area contributed by atoms with Crippen LogP contribution in [0, 0.1) is 0 Å². The molecule has 2 amide bonds. The third-order valence-corrected chi connectivity index (χ3v) is 5.98. The van der Waals surface area contributed by atoms with Crippen molar-refractivity contribution < 1.29 is 24.5 Å². The zero-order chi connectivity index (χ0) is 21.3. The van der Waals surface area contributed by atoms with Crippen LogP contribution in [-0.2, 0) is 16.0 Å². The van der Waals surface area contributed by atoms with Crippen LogP contribution in [0.25, 0.3) is 0 Å². The minimum Gasteiger partial charge on any atom is -0.494 e. The zero-order valence-corrected chi connectivity index (χ0v) is 17.6. The Labute approximate surface area is 178 Å². The molecule has 0 saturated heterocycles. The summed E-state index contributed by atoms with van der Waals surface area (Å²) >= 11 is 0. The number of aliphatic hydroxyl groups excluding tert-OH is 2. The molecule has 1 atom stereocenters. The number of ether oxygens (including phenoxy) is 1.